The lowest BCUT2D eigenvalue weighted by atomic mass is 10.2. The fraction of sp³-hybridized carbons (Fsp3) is 0.0870. The minimum absolute atomic E-state index is 0.464. The molecule has 0 heterocycles. The normalized spacial score (nSPS) is 11.2. The Labute approximate surface area is 181 Å². The number of rotatable bonds is 7. The van der Waals surface area contributed by atoms with Crippen molar-refractivity contribution >= 4 is 33.5 Å². The van der Waals surface area contributed by atoms with E-state index < -0.39 is 16.1 Å². The van der Waals surface area contributed by atoms with Gasteiger partial charge in [-0.3, -0.25) is 4.90 Å². The monoisotopic (exact) mass is 438 g/mol. The van der Waals surface area contributed by atoms with Gasteiger partial charge in [-0.05, 0) is 60.2 Å². The van der Waals surface area contributed by atoms with Gasteiger partial charge in [0, 0.05) is 0 Å². The van der Waals surface area contributed by atoms with Gasteiger partial charge < -0.3 is 9.47 Å². The highest BCUT2D eigenvalue weighted by atomic mass is 32.2. The van der Waals surface area contributed by atoms with Crippen LogP contribution in [0.5, 0.6) is 11.5 Å². The predicted molar refractivity (Wildman–Crippen MR) is 121 cm³/mol. The second-order valence-electron chi connectivity index (χ2n) is 6.40. The van der Waals surface area contributed by atoms with Gasteiger partial charge in [0.25, 0.3) is 10.0 Å². The number of carbonyl (C=O) groups is 1. The second-order valence-corrected chi connectivity index (χ2v) is 7.96. The predicted octanol–water partition coefficient (Wildman–Crippen LogP) is 4.55. The van der Waals surface area contributed by atoms with E-state index in [1.807, 2.05) is 6.07 Å². The summed E-state index contributed by atoms with van der Waals surface area (Å²) < 4.78 is 37.4. The topological polar surface area (TPSA) is 84.9 Å². The Morgan fingerprint density at radius 2 is 1.29 bits per heavy atom. The third kappa shape index (κ3) is 5.86. The van der Waals surface area contributed by atoms with Crippen molar-refractivity contribution in [1.29, 1.82) is 0 Å². The molecule has 2 amide bonds. The van der Waals surface area contributed by atoms with Crippen LogP contribution in [0.2, 0.25) is 0 Å². The minimum Gasteiger partial charge on any atom is -0.497 e. The van der Waals surface area contributed by atoms with Crippen molar-refractivity contribution in [3.63, 3.8) is 0 Å². The van der Waals surface area contributed by atoms with Gasteiger partial charge in [0.1, 0.15) is 11.5 Å². The number of nitrogens with zero attached hydrogens (tertiary/aromatic N) is 1. The Morgan fingerprint density at radius 3 is 1.74 bits per heavy atom. The van der Waals surface area contributed by atoms with Crippen LogP contribution < -0.4 is 19.1 Å². The molecule has 0 saturated heterocycles. The van der Waals surface area contributed by atoms with Gasteiger partial charge >= 0.3 is 6.03 Å². The van der Waals surface area contributed by atoms with Crippen molar-refractivity contribution in [2.75, 3.05) is 19.1 Å². The van der Waals surface area contributed by atoms with Gasteiger partial charge in [0.15, 0.2) is 0 Å². The van der Waals surface area contributed by atoms with Crippen LogP contribution in [0.15, 0.2) is 84.3 Å². The standard InChI is InChI=1S/C23H22N2O5S/c1-29-21-12-8-19(9-13-21)25(20-10-14-22(30-2)15-11-20)23(26)24-31(27,28)17-16-18-6-4-3-5-7-18/h3-17H,1-2H3,(H,24,26). The van der Waals surface area contributed by atoms with Gasteiger partial charge in [0.2, 0.25) is 0 Å². The summed E-state index contributed by atoms with van der Waals surface area (Å²) in [6.07, 6.45) is 1.42. The number of carbonyl (C=O) groups excluding carboxylic acids is 1. The summed E-state index contributed by atoms with van der Waals surface area (Å²) in [5.74, 6) is 1.22. The SMILES string of the molecule is COc1ccc(N(C(=O)NS(=O)(=O)C=Cc2ccccc2)c2ccc(OC)cc2)cc1. The smallest absolute Gasteiger partial charge is 0.340 e. The highest BCUT2D eigenvalue weighted by Gasteiger charge is 2.22. The van der Waals surface area contributed by atoms with Crippen LogP contribution in [0.1, 0.15) is 5.56 Å². The van der Waals surface area contributed by atoms with E-state index >= 15 is 0 Å². The zero-order valence-electron chi connectivity index (χ0n) is 17.1. The van der Waals surface area contributed by atoms with Crippen molar-refractivity contribution < 1.29 is 22.7 Å². The molecule has 0 unspecified atom stereocenters. The molecule has 31 heavy (non-hydrogen) atoms. The fourth-order valence-electron chi connectivity index (χ4n) is 2.78. The number of benzene rings is 3. The number of hydrogen-bond donors (Lipinski definition) is 1. The molecule has 0 saturated carbocycles. The van der Waals surface area contributed by atoms with E-state index in [0.717, 1.165) is 5.41 Å². The quantitative estimate of drug-likeness (QED) is 0.585. The molecule has 0 bridgehead atoms. The van der Waals surface area contributed by atoms with Gasteiger partial charge in [-0.2, -0.15) is 0 Å². The van der Waals surface area contributed by atoms with Gasteiger partial charge in [0.05, 0.1) is 31.0 Å². The molecule has 8 heteroatoms. The zero-order valence-corrected chi connectivity index (χ0v) is 17.9. The van der Waals surface area contributed by atoms with Crippen LogP contribution in [-0.2, 0) is 10.0 Å². The summed E-state index contributed by atoms with van der Waals surface area (Å²) >= 11 is 0. The Balaban J connectivity index is 1.90. The van der Waals surface area contributed by atoms with Crippen LogP contribution in [0.25, 0.3) is 6.08 Å². The van der Waals surface area contributed by atoms with E-state index in [1.165, 1.54) is 25.2 Å². The third-order valence-corrected chi connectivity index (χ3v) is 5.29. The molecule has 0 aliphatic heterocycles. The van der Waals surface area contributed by atoms with Crippen LogP contribution >= 0.6 is 0 Å². The Bertz CT molecular complexity index is 1100. The molecule has 0 aliphatic carbocycles. The Morgan fingerprint density at radius 1 is 0.806 bits per heavy atom. The van der Waals surface area contributed by atoms with E-state index in [2.05, 4.69) is 4.72 Å². The average Bonchev–Trinajstić information content (AvgIpc) is 2.79. The highest BCUT2D eigenvalue weighted by Crippen LogP contribution is 2.29. The summed E-state index contributed by atoms with van der Waals surface area (Å²) in [6, 6.07) is 21.5. The first-order valence-electron chi connectivity index (χ1n) is 9.30. The average molecular weight is 439 g/mol. The second kappa shape index (κ2) is 9.82. The highest BCUT2D eigenvalue weighted by molar-refractivity contribution is 7.93. The van der Waals surface area contributed by atoms with Crippen molar-refractivity contribution in [2.24, 2.45) is 0 Å². The maximum Gasteiger partial charge on any atom is 0.340 e. The number of amides is 2. The molecule has 0 spiro atoms. The number of ether oxygens (including phenoxy) is 2. The largest absolute Gasteiger partial charge is 0.497 e. The number of methoxy groups -OCH3 is 2. The van der Waals surface area contributed by atoms with Gasteiger partial charge in [-0.15, -0.1) is 0 Å². The maximum atomic E-state index is 13.0. The van der Waals surface area contributed by atoms with Crippen molar-refractivity contribution in [3.05, 3.63) is 89.8 Å². The van der Waals surface area contributed by atoms with Gasteiger partial charge in [-0.25, -0.2) is 17.9 Å². The molecule has 1 N–H and O–H groups in total. The first-order chi connectivity index (χ1) is 14.9. The molecule has 3 rings (SSSR count). The van der Waals surface area contributed by atoms with Crippen LogP contribution in [-0.4, -0.2) is 28.7 Å². The molecule has 3 aromatic rings. The number of sulfonamides is 1. The number of urea groups is 1. The number of hydrogen-bond acceptors (Lipinski definition) is 5. The lowest BCUT2D eigenvalue weighted by molar-refractivity contribution is 0.253. The fourth-order valence-corrected chi connectivity index (χ4v) is 3.52. The lowest BCUT2D eigenvalue weighted by Gasteiger charge is -2.23. The van der Waals surface area contributed by atoms with E-state index in [9.17, 15) is 13.2 Å². The summed E-state index contributed by atoms with van der Waals surface area (Å²) in [6.45, 7) is 0. The molecule has 0 fully saturated rings. The molecule has 0 aromatic heterocycles. The minimum atomic E-state index is -4.04. The molecule has 0 atom stereocenters. The van der Waals surface area contributed by atoms with Crippen LogP contribution in [0, 0.1) is 0 Å². The molecule has 0 radical (unpaired) electrons. The van der Waals surface area contributed by atoms with Crippen molar-refractivity contribution in [3.8, 4) is 11.5 Å². The number of nitrogens with one attached hydrogen (secondary N) is 1. The first-order valence-corrected chi connectivity index (χ1v) is 10.8. The molecule has 3 aromatic carbocycles. The van der Waals surface area contributed by atoms with E-state index in [0.29, 0.717) is 28.4 Å². The summed E-state index contributed by atoms with van der Waals surface area (Å²) in [7, 11) is -0.964. The lowest BCUT2D eigenvalue weighted by Crippen LogP contribution is -2.39. The summed E-state index contributed by atoms with van der Waals surface area (Å²) in [5.41, 5.74) is 1.62. The van der Waals surface area contributed by atoms with E-state index in [-0.39, 0.29) is 0 Å². The maximum absolute atomic E-state index is 13.0. The third-order valence-electron chi connectivity index (χ3n) is 4.33. The van der Waals surface area contributed by atoms with Crippen molar-refractivity contribution in [1.82, 2.24) is 4.72 Å². The Hall–Kier alpha value is -3.78. The molecule has 0 aliphatic rings. The molecule has 160 valence electrons. The van der Waals surface area contributed by atoms with E-state index in [1.54, 1.807) is 72.8 Å². The van der Waals surface area contributed by atoms with Crippen LogP contribution in [0.3, 0.4) is 0 Å². The summed E-state index contributed by atoms with van der Waals surface area (Å²) in [4.78, 5) is 14.3. The van der Waals surface area contributed by atoms with Gasteiger partial charge in [-0.1, -0.05) is 30.3 Å². The molecular weight excluding hydrogens is 416 g/mol. The summed E-state index contributed by atoms with van der Waals surface area (Å²) in [5, 5.41) is 0.959. The zero-order chi connectivity index (χ0) is 22.3. The Kier molecular flexibility index (Phi) is 6.94. The molecule has 7 nitrogen and oxygen atoms in total. The van der Waals surface area contributed by atoms with Crippen LogP contribution in [0.4, 0.5) is 16.2 Å². The number of anilines is 2. The molecular formula is C23H22N2O5S. The van der Waals surface area contributed by atoms with Crippen molar-refractivity contribution in [2.45, 2.75) is 0 Å². The van der Waals surface area contributed by atoms with E-state index in [4.69, 9.17) is 9.47 Å². The first kappa shape index (κ1) is 21.9.